The zero-order valence-corrected chi connectivity index (χ0v) is 12.2. The van der Waals surface area contributed by atoms with E-state index in [1.165, 1.54) is 4.68 Å². The molecule has 110 valence electrons. The molecule has 1 aliphatic carbocycles. The number of carboxylic acid groups (broad SMARTS) is 1. The van der Waals surface area contributed by atoms with E-state index in [0.29, 0.717) is 18.7 Å². The highest BCUT2D eigenvalue weighted by Gasteiger charge is 2.50. The van der Waals surface area contributed by atoms with Crippen molar-refractivity contribution in [3.63, 3.8) is 0 Å². The van der Waals surface area contributed by atoms with Crippen LogP contribution in [-0.4, -0.2) is 31.3 Å². The van der Waals surface area contributed by atoms with Crippen LogP contribution < -0.4 is 0 Å². The third-order valence-electron chi connectivity index (χ3n) is 4.51. The summed E-state index contributed by atoms with van der Waals surface area (Å²) in [7, 11) is 0. The number of aliphatic carboxylic acids is 1. The molecule has 1 aromatic heterocycles. The predicted molar refractivity (Wildman–Crippen MR) is 75.8 cm³/mol. The number of carboxylic acids is 1. The van der Waals surface area contributed by atoms with Gasteiger partial charge in [0.05, 0.1) is 5.41 Å². The number of nitrogens with zero attached hydrogens (tertiary/aromatic N) is 4. The van der Waals surface area contributed by atoms with Gasteiger partial charge in [-0.3, -0.25) is 0 Å². The Balaban J connectivity index is 2.09. The van der Waals surface area contributed by atoms with Crippen molar-refractivity contribution in [3.8, 4) is 0 Å². The van der Waals surface area contributed by atoms with Crippen LogP contribution in [0.15, 0.2) is 30.3 Å². The Hall–Kier alpha value is -2.24. The zero-order chi connectivity index (χ0) is 15.1. The topological polar surface area (TPSA) is 80.9 Å². The molecule has 6 nitrogen and oxygen atoms in total. The molecule has 6 heteroatoms. The predicted octanol–water partition coefficient (Wildman–Crippen LogP) is 1.96. The molecule has 1 aliphatic rings. The average molecular weight is 286 g/mol. The minimum absolute atomic E-state index is 0.456. The van der Waals surface area contributed by atoms with Crippen LogP contribution in [0.25, 0.3) is 0 Å². The van der Waals surface area contributed by atoms with Crippen molar-refractivity contribution in [2.45, 2.75) is 44.1 Å². The highest BCUT2D eigenvalue weighted by molar-refractivity contribution is 5.77. The first-order chi connectivity index (χ1) is 9.98. The highest BCUT2D eigenvalue weighted by Crippen LogP contribution is 2.42. The minimum Gasteiger partial charge on any atom is -0.479 e. The van der Waals surface area contributed by atoms with E-state index >= 15 is 0 Å². The molecule has 0 aliphatic heterocycles. The van der Waals surface area contributed by atoms with Crippen molar-refractivity contribution >= 4 is 5.97 Å². The van der Waals surface area contributed by atoms with Gasteiger partial charge >= 0.3 is 5.97 Å². The van der Waals surface area contributed by atoms with Gasteiger partial charge in [-0.15, -0.1) is 5.10 Å². The second kappa shape index (κ2) is 4.65. The third kappa shape index (κ3) is 1.93. The van der Waals surface area contributed by atoms with E-state index in [9.17, 15) is 9.90 Å². The Morgan fingerprint density at radius 2 is 1.95 bits per heavy atom. The van der Waals surface area contributed by atoms with Crippen LogP contribution >= 0.6 is 0 Å². The van der Waals surface area contributed by atoms with Crippen LogP contribution in [-0.2, 0) is 15.7 Å². The highest BCUT2D eigenvalue weighted by atomic mass is 16.4. The molecule has 0 radical (unpaired) electrons. The van der Waals surface area contributed by atoms with Crippen molar-refractivity contribution in [2.75, 3.05) is 0 Å². The van der Waals surface area contributed by atoms with Gasteiger partial charge in [0.2, 0.25) is 0 Å². The van der Waals surface area contributed by atoms with Crippen LogP contribution in [0, 0.1) is 0 Å². The maximum atomic E-state index is 11.7. The molecule has 1 saturated carbocycles. The lowest BCUT2D eigenvalue weighted by Crippen LogP contribution is -2.50. The number of benzene rings is 1. The number of aromatic nitrogens is 4. The lowest BCUT2D eigenvalue weighted by Gasteiger charge is -2.39. The van der Waals surface area contributed by atoms with Gasteiger partial charge in [0, 0.05) is 0 Å². The van der Waals surface area contributed by atoms with E-state index in [1.54, 1.807) is 0 Å². The molecule has 0 bridgehead atoms. The molecule has 0 saturated heterocycles. The number of hydrogen-bond donors (Lipinski definition) is 1. The molecule has 1 heterocycles. The Bertz CT molecular complexity index is 659. The van der Waals surface area contributed by atoms with Gasteiger partial charge in [0.25, 0.3) is 0 Å². The van der Waals surface area contributed by atoms with Crippen molar-refractivity contribution in [1.82, 2.24) is 20.2 Å². The fourth-order valence-corrected chi connectivity index (χ4v) is 2.88. The molecule has 1 aromatic carbocycles. The van der Waals surface area contributed by atoms with Crippen molar-refractivity contribution in [2.24, 2.45) is 0 Å². The van der Waals surface area contributed by atoms with Gasteiger partial charge in [-0.25, -0.2) is 9.48 Å². The van der Waals surface area contributed by atoms with Gasteiger partial charge in [-0.1, -0.05) is 30.3 Å². The zero-order valence-electron chi connectivity index (χ0n) is 12.2. The maximum absolute atomic E-state index is 11.7. The number of tetrazole rings is 1. The SMILES string of the molecule is CC(C)(c1ccccc1)c1nnnn1C1(C(=O)O)CCC1. The van der Waals surface area contributed by atoms with E-state index in [4.69, 9.17) is 0 Å². The molecule has 0 unspecified atom stereocenters. The van der Waals surface area contributed by atoms with Crippen molar-refractivity contribution in [1.29, 1.82) is 0 Å². The lowest BCUT2D eigenvalue weighted by atomic mass is 9.75. The van der Waals surface area contributed by atoms with E-state index in [2.05, 4.69) is 15.5 Å². The molecule has 1 fully saturated rings. The first-order valence-electron chi connectivity index (χ1n) is 7.07. The van der Waals surface area contributed by atoms with E-state index in [-0.39, 0.29) is 0 Å². The molecule has 0 atom stereocenters. The normalized spacial score (nSPS) is 17.2. The summed E-state index contributed by atoms with van der Waals surface area (Å²) in [4.78, 5) is 11.7. The van der Waals surface area contributed by atoms with Crippen molar-refractivity contribution < 1.29 is 9.90 Å². The minimum atomic E-state index is -0.981. The summed E-state index contributed by atoms with van der Waals surface area (Å²) in [5.74, 6) is -0.262. The molecule has 0 amide bonds. The summed E-state index contributed by atoms with van der Waals surface area (Å²) in [6, 6.07) is 9.89. The number of hydrogen-bond acceptors (Lipinski definition) is 4. The van der Waals surface area contributed by atoms with Gasteiger partial charge in [-0.05, 0) is 49.1 Å². The Kier molecular flexibility index (Phi) is 3.04. The van der Waals surface area contributed by atoms with Crippen LogP contribution in [0.4, 0.5) is 0 Å². The second-order valence-electron chi connectivity index (χ2n) is 6.10. The van der Waals surface area contributed by atoms with E-state index in [1.807, 2.05) is 44.2 Å². The van der Waals surface area contributed by atoms with Crippen molar-refractivity contribution in [3.05, 3.63) is 41.7 Å². The fraction of sp³-hybridized carbons (Fsp3) is 0.467. The molecular weight excluding hydrogens is 268 g/mol. The first-order valence-corrected chi connectivity index (χ1v) is 7.07. The van der Waals surface area contributed by atoms with Crippen LogP contribution in [0.5, 0.6) is 0 Å². The van der Waals surface area contributed by atoms with Crippen LogP contribution in [0.1, 0.15) is 44.5 Å². The standard InChI is InChI=1S/C15H18N4O2/c1-14(2,11-7-4-3-5-8-11)12-16-17-18-19(12)15(13(20)21)9-6-10-15/h3-5,7-8H,6,9-10H2,1-2H3,(H,20,21). The smallest absolute Gasteiger partial charge is 0.331 e. The van der Waals surface area contributed by atoms with Crippen LogP contribution in [0.3, 0.4) is 0 Å². The molecule has 0 spiro atoms. The molecule has 2 aromatic rings. The van der Waals surface area contributed by atoms with Gasteiger partial charge < -0.3 is 5.11 Å². The quantitative estimate of drug-likeness (QED) is 0.929. The van der Waals surface area contributed by atoms with Crippen LogP contribution in [0.2, 0.25) is 0 Å². The summed E-state index contributed by atoms with van der Waals surface area (Å²) < 4.78 is 1.52. The van der Waals surface area contributed by atoms with Gasteiger partial charge in [-0.2, -0.15) is 0 Å². The van der Waals surface area contributed by atoms with E-state index < -0.39 is 16.9 Å². The largest absolute Gasteiger partial charge is 0.479 e. The van der Waals surface area contributed by atoms with Gasteiger partial charge in [0.1, 0.15) is 0 Å². The summed E-state index contributed by atoms with van der Waals surface area (Å²) >= 11 is 0. The first kappa shape index (κ1) is 13.7. The Morgan fingerprint density at radius 1 is 1.29 bits per heavy atom. The fourth-order valence-electron chi connectivity index (χ4n) is 2.88. The monoisotopic (exact) mass is 286 g/mol. The number of rotatable bonds is 4. The molecular formula is C15H18N4O2. The Labute approximate surface area is 122 Å². The summed E-state index contributed by atoms with van der Waals surface area (Å²) in [5, 5.41) is 21.5. The summed E-state index contributed by atoms with van der Waals surface area (Å²) in [6.45, 7) is 4.03. The molecule has 3 rings (SSSR count). The molecule has 1 N–H and O–H groups in total. The lowest BCUT2D eigenvalue weighted by molar-refractivity contribution is -0.153. The summed E-state index contributed by atoms with van der Waals surface area (Å²) in [6.07, 6.45) is 2.04. The molecule has 21 heavy (non-hydrogen) atoms. The average Bonchev–Trinajstić information content (AvgIpc) is 2.88. The Morgan fingerprint density at radius 3 is 2.48 bits per heavy atom. The number of carbonyl (C=O) groups is 1. The van der Waals surface area contributed by atoms with E-state index in [0.717, 1.165) is 12.0 Å². The van der Waals surface area contributed by atoms with Gasteiger partial charge in [0.15, 0.2) is 11.4 Å². The summed E-state index contributed by atoms with van der Waals surface area (Å²) in [5.41, 5.74) is -0.380. The third-order valence-corrected chi connectivity index (χ3v) is 4.51. The second-order valence-corrected chi connectivity index (χ2v) is 6.10. The maximum Gasteiger partial charge on any atom is 0.331 e.